The lowest BCUT2D eigenvalue weighted by molar-refractivity contribution is -0.148. The van der Waals surface area contributed by atoms with Gasteiger partial charge in [0, 0.05) is 19.6 Å². The summed E-state index contributed by atoms with van der Waals surface area (Å²) in [6.07, 6.45) is 1.04. The van der Waals surface area contributed by atoms with E-state index in [1.54, 1.807) is 11.8 Å². The number of ether oxygens (including phenoxy) is 3. The third-order valence-corrected chi connectivity index (χ3v) is 5.98. The number of amides is 2. The highest BCUT2D eigenvalue weighted by Gasteiger charge is 2.51. The van der Waals surface area contributed by atoms with Crippen LogP contribution in [-0.4, -0.2) is 65.8 Å². The molecule has 2 amide bonds. The highest BCUT2D eigenvalue weighted by atomic mass is 16.6. The molecule has 2 fully saturated rings. The van der Waals surface area contributed by atoms with Crippen LogP contribution in [0.5, 0.6) is 0 Å². The fourth-order valence-corrected chi connectivity index (χ4v) is 4.35. The zero-order valence-electron chi connectivity index (χ0n) is 19.5. The predicted molar refractivity (Wildman–Crippen MR) is 118 cm³/mol. The average molecular weight is 447 g/mol. The maximum Gasteiger partial charge on any atom is 0.410 e. The van der Waals surface area contributed by atoms with Gasteiger partial charge in [-0.05, 0) is 57.9 Å². The van der Waals surface area contributed by atoms with Crippen LogP contribution in [0.1, 0.15) is 52.5 Å². The van der Waals surface area contributed by atoms with Crippen molar-refractivity contribution in [1.82, 2.24) is 9.80 Å². The van der Waals surface area contributed by atoms with E-state index in [2.05, 4.69) is 0 Å². The van der Waals surface area contributed by atoms with Crippen LogP contribution in [0, 0.1) is 5.41 Å². The summed E-state index contributed by atoms with van der Waals surface area (Å²) in [6, 6.07) is 8.76. The van der Waals surface area contributed by atoms with Crippen molar-refractivity contribution in [3.05, 3.63) is 35.9 Å². The van der Waals surface area contributed by atoms with Gasteiger partial charge in [0.05, 0.1) is 6.61 Å². The molecule has 8 heteroatoms. The zero-order chi connectivity index (χ0) is 23.4. The zero-order valence-corrected chi connectivity index (χ0v) is 19.5. The largest absolute Gasteiger partial charge is 0.464 e. The Morgan fingerprint density at radius 2 is 1.69 bits per heavy atom. The van der Waals surface area contributed by atoms with Crippen LogP contribution < -0.4 is 0 Å². The first kappa shape index (κ1) is 23.9. The van der Waals surface area contributed by atoms with E-state index in [1.165, 1.54) is 4.90 Å². The van der Waals surface area contributed by atoms with Crippen molar-refractivity contribution in [2.24, 2.45) is 5.41 Å². The molecule has 1 atom stereocenters. The summed E-state index contributed by atoms with van der Waals surface area (Å²) >= 11 is 0. The van der Waals surface area contributed by atoms with Gasteiger partial charge in [0.1, 0.15) is 18.2 Å². The molecular formula is C24H34N2O6. The lowest BCUT2D eigenvalue weighted by atomic mass is 9.76. The Balaban J connectivity index is 1.65. The SMILES string of the molecule is CCOC(=O)[C@H]1CC2(CCN(C(=O)OC(C)(C)C)CC2)CN1C(=O)OCc1ccccc1. The van der Waals surface area contributed by atoms with Crippen LogP contribution >= 0.6 is 0 Å². The number of likely N-dealkylation sites (tertiary alicyclic amines) is 2. The molecule has 0 radical (unpaired) electrons. The number of piperidine rings is 1. The monoisotopic (exact) mass is 446 g/mol. The maximum absolute atomic E-state index is 12.9. The van der Waals surface area contributed by atoms with Gasteiger partial charge in [-0.3, -0.25) is 4.90 Å². The molecular weight excluding hydrogens is 412 g/mol. The van der Waals surface area contributed by atoms with E-state index in [0.717, 1.165) is 5.56 Å². The Kier molecular flexibility index (Phi) is 7.31. The second kappa shape index (κ2) is 9.79. The van der Waals surface area contributed by atoms with Crippen molar-refractivity contribution in [3.8, 4) is 0 Å². The van der Waals surface area contributed by atoms with E-state index in [0.29, 0.717) is 38.9 Å². The molecule has 0 saturated carbocycles. The molecule has 2 aliphatic heterocycles. The second-order valence-corrected chi connectivity index (χ2v) is 9.61. The highest BCUT2D eigenvalue weighted by Crippen LogP contribution is 2.44. The molecule has 1 spiro atoms. The predicted octanol–water partition coefficient (Wildman–Crippen LogP) is 3.98. The van der Waals surface area contributed by atoms with Gasteiger partial charge in [-0.2, -0.15) is 0 Å². The molecule has 1 aromatic carbocycles. The third-order valence-electron chi connectivity index (χ3n) is 5.98. The number of carbonyl (C=O) groups is 3. The summed E-state index contributed by atoms with van der Waals surface area (Å²) in [4.78, 5) is 41.2. The van der Waals surface area contributed by atoms with Gasteiger partial charge in [0.25, 0.3) is 0 Å². The molecule has 1 aromatic rings. The minimum Gasteiger partial charge on any atom is -0.464 e. The quantitative estimate of drug-likeness (QED) is 0.514. The third kappa shape index (κ3) is 5.93. The van der Waals surface area contributed by atoms with Crippen LogP contribution in [-0.2, 0) is 25.6 Å². The minimum atomic E-state index is -0.675. The maximum atomic E-state index is 12.9. The van der Waals surface area contributed by atoms with Crippen molar-refractivity contribution < 1.29 is 28.6 Å². The summed E-state index contributed by atoms with van der Waals surface area (Å²) in [7, 11) is 0. The molecule has 0 bridgehead atoms. The summed E-state index contributed by atoms with van der Waals surface area (Å²) in [5.74, 6) is -0.407. The fraction of sp³-hybridized carbons (Fsp3) is 0.625. The van der Waals surface area contributed by atoms with Gasteiger partial charge < -0.3 is 19.1 Å². The first-order valence-corrected chi connectivity index (χ1v) is 11.2. The molecule has 2 aliphatic rings. The van der Waals surface area contributed by atoms with Crippen LogP contribution in [0.4, 0.5) is 9.59 Å². The number of hydrogen-bond acceptors (Lipinski definition) is 6. The lowest BCUT2D eigenvalue weighted by Gasteiger charge is -2.39. The van der Waals surface area contributed by atoms with Crippen molar-refractivity contribution >= 4 is 18.2 Å². The standard InChI is InChI=1S/C24H34N2O6/c1-5-30-20(27)19-15-24(11-13-25(14-12-24)21(28)32-23(2,3)4)17-26(19)22(29)31-16-18-9-7-6-8-10-18/h6-10,19H,5,11-17H2,1-4H3/t19-/m1/s1. The van der Waals surface area contributed by atoms with Gasteiger partial charge in [0.2, 0.25) is 0 Å². The lowest BCUT2D eigenvalue weighted by Crippen LogP contribution is -2.46. The van der Waals surface area contributed by atoms with Crippen LogP contribution in [0.25, 0.3) is 0 Å². The van der Waals surface area contributed by atoms with Crippen LogP contribution in [0.2, 0.25) is 0 Å². The van der Waals surface area contributed by atoms with Gasteiger partial charge in [0.15, 0.2) is 0 Å². The summed E-state index contributed by atoms with van der Waals surface area (Å²) < 4.78 is 16.2. The summed E-state index contributed by atoms with van der Waals surface area (Å²) in [5.41, 5.74) is 0.0865. The smallest absolute Gasteiger partial charge is 0.410 e. The average Bonchev–Trinajstić information content (AvgIpc) is 3.11. The van der Waals surface area contributed by atoms with Crippen molar-refractivity contribution in [3.63, 3.8) is 0 Å². The Bertz CT molecular complexity index is 812. The Morgan fingerprint density at radius 3 is 2.28 bits per heavy atom. The van der Waals surface area contributed by atoms with E-state index >= 15 is 0 Å². The van der Waals surface area contributed by atoms with Crippen LogP contribution in [0.15, 0.2) is 30.3 Å². The first-order valence-electron chi connectivity index (χ1n) is 11.2. The number of esters is 1. The molecule has 176 valence electrons. The number of carbonyl (C=O) groups excluding carboxylic acids is 3. The van der Waals surface area contributed by atoms with Gasteiger partial charge in [-0.25, -0.2) is 14.4 Å². The topological polar surface area (TPSA) is 85.4 Å². The molecule has 2 heterocycles. The molecule has 0 N–H and O–H groups in total. The molecule has 8 nitrogen and oxygen atoms in total. The molecule has 0 unspecified atom stereocenters. The highest BCUT2D eigenvalue weighted by molar-refractivity contribution is 5.82. The summed E-state index contributed by atoms with van der Waals surface area (Å²) in [6.45, 7) is 9.14. The molecule has 0 aromatic heterocycles. The fourth-order valence-electron chi connectivity index (χ4n) is 4.35. The molecule has 0 aliphatic carbocycles. The summed E-state index contributed by atoms with van der Waals surface area (Å²) in [5, 5.41) is 0. The minimum absolute atomic E-state index is 0.144. The Morgan fingerprint density at radius 1 is 1.03 bits per heavy atom. The van der Waals surface area contributed by atoms with Crippen molar-refractivity contribution in [2.75, 3.05) is 26.2 Å². The van der Waals surface area contributed by atoms with E-state index in [-0.39, 0.29) is 24.7 Å². The van der Waals surface area contributed by atoms with Crippen LogP contribution in [0.3, 0.4) is 0 Å². The van der Waals surface area contributed by atoms with E-state index in [9.17, 15) is 14.4 Å². The Labute approximate surface area is 189 Å². The first-order chi connectivity index (χ1) is 15.1. The molecule has 3 rings (SSSR count). The van der Waals surface area contributed by atoms with Crippen molar-refractivity contribution in [2.45, 2.75) is 65.2 Å². The van der Waals surface area contributed by atoms with E-state index in [1.807, 2.05) is 51.1 Å². The molecule has 32 heavy (non-hydrogen) atoms. The number of nitrogens with zero attached hydrogens (tertiary/aromatic N) is 2. The van der Waals surface area contributed by atoms with Crippen molar-refractivity contribution in [1.29, 1.82) is 0 Å². The number of benzene rings is 1. The normalized spacial score (nSPS) is 20.2. The number of rotatable bonds is 4. The van der Waals surface area contributed by atoms with Gasteiger partial charge >= 0.3 is 18.2 Å². The number of hydrogen-bond donors (Lipinski definition) is 0. The second-order valence-electron chi connectivity index (χ2n) is 9.61. The Hall–Kier alpha value is -2.77. The van der Waals surface area contributed by atoms with Gasteiger partial charge in [-0.15, -0.1) is 0 Å². The molecule has 2 saturated heterocycles. The van der Waals surface area contributed by atoms with E-state index in [4.69, 9.17) is 14.2 Å². The van der Waals surface area contributed by atoms with Gasteiger partial charge in [-0.1, -0.05) is 30.3 Å². The van der Waals surface area contributed by atoms with E-state index < -0.39 is 23.7 Å².